The quantitative estimate of drug-likeness (QED) is 0.806. The van der Waals surface area contributed by atoms with Crippen molar-refractivity contribution in [3.8, 4) is 6.07 Å². The van der Waals surface area contributed by atoms with E-state index in [0.717, 1.165) is 0 Å². The molecule has 0 atom stereocenters. The van der Waals surface area contributed by atoms with E-state index in [4.69, 9.17) is 5.26 Å². The molecule has 20 heavy (non-hydrogen) atoms. The molecule has 1 heterocycles. The molecule has 102 valence electrons. The molecule has 0 N–H and O–H groups in total. The molecule has 0 radical (unpaired) electrons. The number of aromatic nitrogens is 1. The Morgan fingerprint density at radius 3 is 2.85 bits per heavy atom. The van der Waals surface area contributed by atoms with Crippen molar-refractivity contribution >= 4 is 16.8 Å². The van der Waals surface area contributed by atoms with Crippen molar-refractivity contribution in [2.24, 2.45) is 0 Å². The van der Waals surface area contributed by atoms with Crippen molar-refractivity contribution in [3.63, 3.8) is 0 Å². The van der Waals surface area contributed by atoms with Crippen molar-refractivity contribution in [1.29, 1.82) is 5.26 Å². The predicted molar refractivity (Wildman–Crippen MR) is 73.6 cm³/mol. The van der Waals surface area contributed by atoms with Gasteiger partial charge >= 0.3 is 0 Å². The molecule has 2 aromatic rings. The lowest BCUT2D eigenvalue weighted by atomic mass is 10.1. The molecule has 0 unspecified atom stereocenters. The van der Waals surface area contributed by atoms with E-state index in [2.05, 4.69) is 4.98 Å². The summed E-state index contributed by atoms with van der Waals surface area (Å²) in [6, 6.07) is 7.92. The number of fused-ring (bicyclic) bond motifs is 1. The van der Waals surface area contributed by atoms with Gasteiger partial charge in [-0.15, -0.1) is 0 Å². The number of aryl methyl sites for hydroxylation is 1. The second-order valence-electron chi connectivity index (χ2n) is 4.44. The highest BCUT2D eigenvalue weighted by Crippen LogP contribution is 2.19. The maximum absolute atomic E-state index is 13.2. The molecule has 1 aromatic heterocycles. The van der Waals surface area contributed by atoms with E-state index in [1.165, 1.54) is 17.0 Å². The van der Waals surface area contributed by atoms with Crippen LogP contribution in [0.5, 0.6) is 0 Å². The van der Waals surface area contributed by atoms with Crippen LogP contribution in [0.1, 0.15) is 23.0 Å². The maximum Gasteiger partial charge on any atom is 0.256 e. The molecule has 1 amide bonds. The van der Waals surface area contributed by atoms with Gasteiger partial charge in [-0.05, 0) is 32.0 Å². The summed E-state index contributed by atoms with van der Waals surface area (Å²) in [5, 5.41) is 9.44. The maximum atomic E-state index is 13.2. The average Bonchev–Trinajstić information content (AvgIpc) is 2.43. The minimum Gasteiger partial charge on any atom is -0.326 e. The number of amides is 1. The number of carbonyl (C=O) groups excluding carboxylic acids is 1. The molecule has 1 aromatic carbocycles. The van der Waals surface area contributed by atoms with E-state index < -0.39 is 0 Å². The van der Waals surface area contributed by atoms with Crippen LogP contribution in [-0.2, 0) is 0 Å². The molecule has 5 heteroatoms. The number of halogens is 1. The first kappa shape index (κ1) is 13.9. The van der Waals surface area contributed by atoms with Gasteiger partial charge in [0.15, 0.2) is 0 Å². The third-order valence-electron chi connectivity index (χ3n) is 3.13. The summed E-state index contributed by atoms with van der Waals surface area (Å²) in [4.78, 5) is 18.1. The van der Waals surface area contributed by atoms with E-state index in [0.29, 0.717) is 28.7 Å². The van der Waals surface area contributed by atoms with Crippen molar-refractivity contribution < 1.29 is 9.18 Å². The minimum atomic E-state index is -0.358. The van der Waals surface area contributed by atoms with E-state index >= 15 is 0 Å². The molecule has 0 saturated carbocycles. The molecule has 0 spiro atoms. The number of hydrogen-bond acceptors (Lipinski definition) is 3. The Morgan fingerprint density at radius 1 is 1.45 bits per heavy atom. The molecule has 0 aliphatic rings. The van der Waals surface area contributed by atoms with E-state index in [1.54, 1.807) is 19.1 Å². The SMILES string of the molecule is CCN(CC#N)C(=O)c1cc2ccc(F)cc2nc1C. The smallest absolute Gasteiger partial charge is 0.256 e. The largest absolute Gasteiger partial charge is 0.326 e. The Kier molecular flexibility index (Phi) is 3.94. The second-order valence-corrected chi connectivity index (χ2v) is 4.44. The number of nitrogens with zero attached hydrogens (tertiary/aromatic N) is 3. The van der Waals surface area contributed by atoms with Crippen molar-refractivity contribution in [2.75, 3.05) is 13.1 Å². The van der Waals surface area contributed by atoms with Crippen LogP contribution in [0.3, 0.4) is 0 Å². The number of benzene rings is 1. The van der Waals surface area contributed by atoms with Crippen LogP contribution >= 0.6 is 0 Å². The zero-order valence-corrected chi connectivity index (χ0v) is 11.4. The van der Waals surface area contributed by atoms with E-state index in [9.17, 15) is 9.18 Å². The van der Waals surface area contributed by atoms with Gasteiger partial charge in [0.2, 0.25) is 0 Å². The summed E-state index contributed by atoms with van der Waals surface area (Å²) in [6.45, 7) is 4.01. The van der Waals surface area contributed by atoms with Crippen LogP contribution in [0.4, 0.5) is 4.39 Å². The van der Waals surface area contributed by atoms with Gasteiger partial charge in [-0.2, -0.15) is 5.26 Å². The van der Waals surface area contributed by atoms with Gasteiger partial charge in [0.1, 0.15) is 12.4 Å². The highest BCUT2D eigenvalue weighted by Gasteiger charge is 2.17. The molecule has 0 aliphatic heterocycles. The normalized spacial score (nSPS) is 10.3. The van der Waals surface area contributed by atoms with Gasteiger partial charge in [-0.3, -0.25) is 9.78 Å². The first-order chi connectivity index (χ1) is 9.56. The zero-order chi connectivity index (χ0) is 14.7. The summed E-state index contributed by atoms with van der Waals surface area (Å²) >= 11 is 0. The van der Waals surface area contributed by atoms with Crippen molar-refractivity contribution in [1.82, 2.24) is 9.88 Å². The molecule has 0 bridgehead atoms. The number of hydrogen-bond donors (Lipinski definition) is 0. The van der Waals surface area contributed by atoms with E-state index in [-0.39, 0.29) is 18.3 Å². The lowest BCUT2D eigenvalue weighted by Crippen LogP contribution is -2.31. The van der Waals surface area contributed by atoms with Gasteiger partial charge in [0.25, 0.3) is 5.91 Å². The number of nitriles is 1. The predicted octanol–water partition coefficient (Wildman–Crippen LogP) is 2.67. The van der Waals surface area contributed by atoms with Crippen LogP contribution in [0, 0.1) is 24.1 Å². The van der Waals surface area contributed by atoms with Gasteiger partial charge in [0, 0.05) is 18.0 Å². The Labute approximate surface area is 116 Å². The molecule has 0 fully saturated rings. The third kappa shape index (κ3) is 2.59. The fourth-order valence-corrected chi connectivity index (χ4v) is 2.04. The molecule has 0 saturated heterocycles. The molecular formula is C15H14FN3O. The summed E-state index contributed by atoms with van der Waals surface area (Å²) in [6.07, 6.45) is 0. The van der Waals surface area contributed by atoms with Crippen LogP contribution in [0.15, 0.2) is 24.3 Å². The summed E-state index contributed by atoms with van der Waals surface area (Å²) < 4.78 is 13.2. The summed E-state index contributed by atoms with van der Waals surface area (Å²) in [7, 11) is 0. The molecule has 2 rings (SSSR count). The highest BCUT2D eigenvalue weighted by atomic mass is 19.1. The fraction of sp³-hybridized carbons (Fsp3) is 0.267. The Balaban J connectivity index is 2.49. The van der Waals surface area contributed by atoms with Crippen molar-refractivity contribution in [3.05, 3.63) is 41.3 Å². The van der Waals surface area contributed by atoms with E-state index in [1.807, 2.05) is 13.0 Å². The number of rotatable bonds is 3. The second kappa shape index (κ2) is 5.66. The van der Waals surface area contributed by atoms with Gasteiger partial charge < -0.3 is 4.90 Å². The lowest BCUT2D eigenvalue weighted by molar-refractivity contribution is 0.0783. The topological polar surface area (TPSA) is 57.0 Å². The monoisotopic (exact) mass is 271 g/mol. The van der Waals surface area contributed by atoms with Gasteiger partial charge in [-0.1, -0.05) is 0 Å². The Bertz CT molecular complexity index is 706. The zero-order valence-electron chi connectivity index (χ0n) is 11.4. The molecule has 4 nitrogen and oxygen atoms in total. The highest BCUT2D eigenvalue weighted by molar-refractivity contribution is 5.98. The first-order valence-electron chi connectivity index (χ1n) is 6.30. The molecular weight excluding hydrogens is 257 g/mol. The Hall–Kier alpha value is -2.48. The average molecular weight is 271 g/mol. The van der Waals surface area contributed by atoms with Crippen LogP contribution < -0.4 is 0 Å². The van der Waals surface area contributed by atoms with Gasteiger partial charge in [0.05, 0.1) is 22.8 Å². The van der Waals surface area contributed by atoms with Crippen LogP contribution in [0.2, 0.25) is 0 Å². The fourth-order valence-electron chi connectivity index (χ4n) is 2.04. The number of carbonyl (C=O) groups is 1. The minimum absolute atomic E-state index is 0.0379. The Morgan fingerprint density at radius 2 is 2.20 bits per heavy atom. The number of pyridine rings is 1. The van der Waals surface area contributed by atoms with Crippen LogP contribution in [-0.4, -0.2) is 28.9 Å². The lowest BCUT2D eigenvalue weighted by Gasteiger charge is -2.18. The summed E-state index contributed by atoms with van der Waals surface area (Å²) in [5.41, 5.74) is 1.49. The summed E-state index contributed by atoms with van der Waals surface area (Å²) in [5.74, 6) is -0.589. The van der Waals surface area contributed by atoms with Crippen molar-refractivity contribution in [2.45, 2.75) is 13.8 Å². The standard InChI is InChI=1S/C15H14FN3O/c1-3-19(7-6-17)15(20)13-8-11-4-5-12(16)9-14(11)18-10(13)2/h4-5,8-9H,3,7H2,1-2H3. The molecule has 0 aliphatic carbocycles. The van der Waals surface area contributed by atoms with Gasteiger partial charge in [-0.25, -0.2) is 4.39 Å². The first-order valence-corrected chi connectivity index (χ1v) is 6.30. The third-order valence-corrected chi connectivity index (χ3v) is 3.13. The van der Waals surface area contributed by atoms with Crippen LogP contribution in [0.25, 0.3) is 10.9 Å².